The molecule has 2 aromatic rings. The number of aryl methyl sites for hydroxylation is 1. The Morgan fingerprint density at radius 1 is 0.969 bits per heavy atom. The normalized spacial score (nSPS) is 25.2. The third kappa shape index (κ3) is 6.80. The molecule has 3 rings (SSSR count). The van der Waals surface area contributed by atoms with Gasteiger partial charge in [-0.05, 0) is 24.6 Å². The van der Waals surface area contributed by atoms with Crippen LogP contribution in [0.4, 0.5) is 0 Å². The second-order valence-corrected chi connectivity index (χ2v) is 8.78. The number of rotatable bonds is 8. The van der Waals surface area contributed by atoms with E-state index in [4.69, 9.17) is 18.9 Å². The van der Waals surface area contributed by atoms with Gasteiger partial charge in [0.1, 0.15) is 17.6 Å². The van der Waals surface area contributed by atoms with Crippen LogP contribution in [-0.2, 0) is 35.1 Å². The number of ether oxygens (including phenoxy) is 4. The second kappa shape index (κ2) is 11.5. The van der Waals surface area contributed by atoms with Crippen molar-refractivity contribution >= 4 is 23.7 Å². The maximum atomic E-state index is 11.8. The van der Waals surface area contributed by atoms with E-state index in [1.807, 2.05) is 61.5 Å². The van der Waals surface area contributed by atoms with Crippen LogP contribution in [0.15, 0.2) is 59.5 Å². The fourth-order valence-corrected chi connectivity index (χ4v) is 4.49. The van der Waals surface area contributed by atoms with Crippen LogP contribution in [0, 0.1) is 6.92 Å². The Kier molecular flexibility index (Phi) is 8.69. The molecule has 1 heterocycles. The largest absolute Gasteiger partial charge is 0.456 e. The molecule has 1 fully saturated rings. The summed E-state index contributed by atoms with van der Waals surface area (Å²) in [5.41, 5.74) is 1.38. The summed E-state index contributed by atoms with van der Waals surface area (Å²) in [4.78, 5) is 24.4. The van der Waals surface area contributed by atoms with Gasteiger partial charge in [-0.25, -0.2) is 0 Å². The van der Waals surface area contributed by atoms with Crippen molar-refractivity contribution in [2.24, 2.45) is 0 Å². The zero-order valence-corrected chi connectivity index (χ0v) is 19.1. The molecule has 1 aliphatic rings. The molecule has 8 heteroatoms. The van der Waals surface area contributed by atoms with Crippen LogP contribution < -0.4 is 0 Å². The Balaban J connectivity index is 1.78. The summed E-state index contributed by atoms with van der Waals surface area (Å²) in [6, 6.07) is 17.4. The summed E-state index contributed by atoms with van der Waals surface area (Å²) < 4.78 is 22.7. The SMILES string of the molecule is CC(=O)O[C@@H]1[C@@H](OC(C)=O)[C@H](O)[C@@H](COCc2ccccc2)O[C@H]1Sc1ccc(C)cc1. The zero-order valence-electron chi connectivity index (χ0n) is 18.3. The van der Waals surface area contributed by atoms with Crippen molar-refractivity contribution in [2.75, 3.05) is 6.61 Å². The molecule has 0 spiro atoms. The molecule has 0 bridgehead atoms. The average molecular weight is 461 g/mol. The molecule has 0 aliphatic carbocycles. The van der Waals surface area contributed by atoms with E-state index in [9.17, 15) is 14.7 Å². The fraction of sp³-hybridized carbons (Fsp3) is 0.417. The topological polar surface area (TPSA) is 91.3 Å². The number of esters is 2. The maximum absolute atomic E-state index is 11.8. The van der Waals surface area contributed by atoms with E-state index < -0.39 is 41.8 Å². The molecule has 0 unspecified atom stereocenters. The van der Waals surface area contributed by atoms with Crippen molar-refractivity contribution in [1.29, 1.82) is 0 Å². The van der Waals surface area contributed by atoms with E-state index in [-0.39, 0.29) is 6.61 Å². The van der Waals surface area contributed by atoms with Gasteiger partial charge in [0.15, 0.2) is 12.2 Å². The van der Waals surface area contributed by atoms with Gasteiger partial charge in [-0.2, -0.15) is 0 Å². The molecular weight excluding hydrogens is 432 g/mol. The highest BCUT2D eigenvalue weighted by Crippen LogP contribution is 2.36. The van der Waals surface area contributed by atoms with E-state index >= 15 is 0 Å². The number of aliphatic hydroxyl groups is 1. The summed E-state index contributed by atoms with van der Waals surface area (Å²) in [5.74, 6) is -1.15. The predicted octanol–water partition coefficient (Wildman–Crippen LogP) is 3.25. The van der Waals surface area contributed by atoms with Crippen molar-refractivity contribution in [3.63, 3.8) is 0 Å². The lowest BCUT2D eigenvalue weighted by Gasteiger charge is -2.43. The Morgan fingerprint density at radius 3 is 2.22 bits per heavy atom. The molecule has 0 amide bonds. The smallest absolute Gasteiger partial charge is 0.303 e. The molecule has 7 nitrogen and oxygen atoms in total. The molecule has 0 radical (unpaired) electrons. The van der Waals surface area contributed by atoms with Gasteiger partial charge < -0.3 is 24.1 Å². The van der Waals surface area contributed by atoms with Crippen molar-refractivity contribution in [3.05, 3.63) is 65.7 Å². The van der Waals surface area contributed by atoms with Crippen LogP contribution in [0.25, 0.3) is 0 Å². The number of hydrogen-bond donors (Lipinski definition) is 1. The van der Waals surface area contributed by atoms with E-state index in [1.54, 1.807) is 0 Å². The number of thioether (sulfide) groups is 1. The van der Waals surface area contributed by atoms with Gasteiger partial charge in [0.25, 0.3) is 0 Å². The van der Waals surface area contributed by atoms with Gasteiger partial charge in [0, 0.05) is 18.7 Å². The number of carbonyl (C=O) groups excluding carboxylic acids is 2. The van der Waals surface area contributed by atoms with Gasteiger partial charge in [0.2, 0.25) is 0 Å². The predicted molar refractivity (Wildman–Crippen MR) is 119 cm³/mol. The monoisotopic (exact) mass is 460 g/mol. The highest BCUT2D eigenvalue weighted by Gasteiger charge is 2.49. The van der Waals surface area contributed by atoms with Crippen LogP contribution in [0.3, 0.4) is 0 Å². The first-order chi connectivity index (χ1) is 15.3. The standard InChI is InChI=1S/C24H28O7S/c1-15-9-11-19(12-10-15)32-24-23(30-17(3)26)22(29-16(2)25)21(27)20(31-24)14-28-13-18-7-5-4-6-8-18/h4-12,20-24,27H,13-14H2,1-3H3/t20-,21-,22+,23-,24+/m1/s1. The minimum Gasteiger partial charge on any atom is -0.456 e. The third-order valence-corrected chi connectivity index (χ3v) is 6.05. The lowest BCUT2D eigenvalue weighted by atomic mass is 9.99. The highest BCUT2D eigenvalue weighted by molar-refractivity contribution is 7.99. The molecule has 172 valence electrons. The molecule has 0 aromatic heterocycles. The van der Waals surface area contributed by atoms with Crippen molar-refractivity contribution in [3.8, 4) is 0 Å². The first kappa shape index (κ1) is 24.3. The van der Waals surface area contributed by atoms with E-state index in [1.165, 1.54) is 25.6 Å². The molecule has 1 aliphatic heterocycles. The van der Waals surface area contributed by atoms with Gasteiger partial charge >= 0.3 is 11.9 Å². The van der Waals surface area contributed by atoms with Gasteiger partial charge in [-0.1, -0.05) is 59.8 Å². The molecule has 2 aromatic carbocycles. The average Bonchev–Trinajstić information content (AvgIpc) is 2.75. The second-order valence-electron chi connectivity index (χ2n) is 7.61. The summed E-state index contributed by atoms with van der Waals surface area (Å²) in [6.07, 6.45) is -4.08. The quantitative estimate of drug-likeness (QED) is 0.601. The van der Waals surface area contributed by atoms with Crippen LogP contribution in [0.2, 0.25) is 0 Å². The molecule has 1 saturated heterocycles. The highest BCUT2D eigenvalue weighted by atomic mass is 32.2. The van der Waals surface area contributed by atoms with Gasteiger partial charge in [-0.3, -0.25) is 9.59 Å². The first-order valence-electron chi connectivity index (χ1n) is 10.4. The lowest BCUT2D eigenvalue weighted by Crippen LogP contribution is -2.60. The molecule has 1 N–H and O–H groups in total. The minimum absolute atomic E-state index is 0.0750. The van der Waals surface area contributed by atoms with Crippen LogP contribution in [0.5, 0.6) is 0 Å². The van der Waals surface area contributed by atoms with Crippen molar-refractivity contribution in [1.82, 2.24) is 0 Å². The number of hydrogen-bond acceptors (Lipinski definition) is 8. The number of benzene rings is 2. The Morgan fingerprint density at radius 2 is 1.59 bits per heavy atom. The molecule has 5 atom stereocenters. The van der Waals surface area contributed by atoms with E-state index in [0.29, 0.717) is 6.61 Å². The zero-order chi connectivity index (χ0) is 23.1. The fourth-order valence-electron chi connectivity index (χ4n) is 3.38. The lowest BCUT2D eigenvalue weighted by molar-refractivity contribution is -0.231. The Labute approximate surface area is 192 Å². The summed E-state index contributed by atoms with van der Waals surface area (Å²) in [5, 5.41) is 10.9. The van der Waals surface area contributed by atoms with E-state index in [0.717, 1.165) is 16.0 Å². The van der Waals surface area contributed by atoms with Crippen LogP contribution in [-0.4, -0.2) is 53.5 Å². The van der Waals surface area contributed by atoms with Gasteiger partial charge in [0.05, 0.1) is 13.2 Å². The van der Waals surface area contributed by atoms with Gasteiger partial charge in [-0.15, -0.1) is 0 Å². The Bertz CT molecular complexity index is 887. The maximum Gasteiger partial charge on any atom is 0.303 e. The molecule has 32 heavy (non-hydrogen) atoms. The Hall–Kier alpha value is -2.39. The van der Waals surface area contributed by atoms with Crippen LogP contribution >= 0.6 is 11.8 Å². The summed E-state index contributed by atoms with van der Waals surface area (Å²) >= 11 is 1.33. The summed E-state index contributed by atoms with van der Waals surface area (Å²) in [6.45, 7) is 4.91. The third-order valence-electron chi connectivity index (χ3n) is 4.89. The molecular formula is C24H28O7S. The van der Waals surface area contributed by atoms with Crippen LogP contribution in [0.1, 0.15) is 25.0 Å². The van der Waals surface area contributed by atoms with Crippen molar-refractivity contribution < 1.29 is 33.6 Å². The first-order valence-corrected chi connectivity index (χ1v) is 11.2. The number of carbonyl (C=O) groups is 2. The summed E-state index contributed by atoms with van der Waals surface area (Å²) in [7, 11) is 0. The molecule has 0 saturated carbocycles. The number of aliphatic hydroxyl groups excluding tert-OH is 1. The van der Waals surface area contributed by atoms with E-state index in [2.05, 4.69) is 0 Å². The van der Waals surface area contributed by atoms with Crippen molar-refractivity contribution in [2.45, 2.75) is 62.1 Å². The minimum atomic E-state index is -1.23.